The molecule has 3 rings (SSSR count). The lowest BCUT2D eigenvalue weighted by Gasteiger charge is -2.14. The number of benzene rings is 1. The van der Waals surface area contributed by atoms with Gasteiger partial charge in [0.1, 0.15) is 6.33 Å². The van der Waals surface area contributed by atoms with E-state index in [1.807, 2.05) is 41.1 Å². The minimum absolute atomic E-state index is 0.216. The van der Waals surface area contributed by atoms with Crippen LogP contribution in [0.4, 0.5) is 0 Å². The van der Waals surface area contributed by atoms with E-state index < -0.39 is 0 Å². The minimum atomic E-state index is -0.254. The Labute approximate surface area is 179 Å². The molecule has 0 aliphatic heterocycles. The van der Waals surface area contributed by atoms with Crippen molar-refractivity contribution in [3.8, 4) is 0 Å². The lowest BCUT2D eigenvalue weighted by Crippen LogP contribution is -2.20. The van der Waals surface area contributed by atoms with Crippen molar-refractivity contribution < 1.29 is 9.53 Å². The average Bonchev–Trinajstić information content (AvgIpc) is 2.76. The van der Waals surface area contributed by atoms with Crippen LogP contribution in [0.3, 0.4) is 0 Å². The molecule has 0 saturated carbocycles. The topological polar surface area (TPSA) is 87.0 Å². The number of rotatable bonds is 10. The van der Waals surface area contributed by atoms with Gasteiger partial charge in [0, 0.05) is 49.3 Å². The molecule has 0 fully saturated rings. The predicted octanol–water partition coefficient (Wildman–Crippen LogP) is 3.26. The van der Waals surface area contributed by atoms with E-state index in [9.17, 15) is 9.59 Å². The van der Waals surface area contributed by atoms with Gasteiger partial charge < -0.3 is 9.30 Å². The van der Waals surface area contributed by atoms with Gasteiger partial charge in [-0.25, -0.2) is 9.97 Å². The van der Waals surface area contributed by atoms with Gasteiger partial charge >= 0.3 is 5.97 Å². The van der Waals surface area contributed by atoms with E-state index in [1.165, 1.54) is 18.1 Å². The number of esters is 1. The molecule has 0 atom stereocenters. The maximum Gasteiger partial charge on any atom is 0.305 e. The highest BCUT2D eigenvalue weighted by atomic mass is 32.2. The van der Waals surface area contributed by atoms with Crippen LogP contribution >= 0.6 is 11.8 Å². The van der Waals surface area contributed by atoms with Crippen LogP contribution in [0.1, 0.15) is 36.5 Å². The Morgan fingerprint density at radius 1 is 1.13 bits per heavy atom. The Balaban J connectivity index is 1.78. The highest BCUT2D eigenvalue weighted by molar-refractivity contribution is 7.98. The molecular weight excluding hydrogens is 400 g/mol. The molecule has 3 aromatic rings. The summed E-state index contributed by atoms with van der Waals surface area (Å²) in [7, 11) is 0. The summed E-state index contributed by atoms with van der Waals surface area (Å²) >= 11 is 1.51. The van der Waals surface area contributed by atoms with Crippen LogP contribution < -0.4 is 5.56 Å². The molecule has 2 heterocycles. The predicted molar refractivity (Wildman–Crippen MR) is 115 cm³/mol. The molecular formula is C22H24N4O3S. The van der Waals surface area contributed by atoms with Gasteiger partial charge in [-0.3, -0.25) is 9.59 Å². The monoisotopic (exact) mass is 424 g/mol. The van der Waals surface area contributed by atoms with Gasteiger partial charge in [0.25, 0.3) is 5.56 Å². The van der Waals surface area contributed by atoms with Gasteiger partial charge in [0.15, 0.2) is 5.16 Å². The molecule has 0 aliphatic rings. The van der Waals surface area contributed by atoms with Crippen LogP contribution in [-0.4, -0.2) is 32.1 Å². The van der Waals surface area contributed by atoms with Crippen molar-refractivity contribution in [2.45, 2.75) is 43.6 Å². The quantitative estimate of drug-likeness (QED) is 0.280. The molecule has 0 saturated heterocycles. The molecule has 0 spiro atoms. The highest BCUT2D eigenvalue weighted by Gasteiger charge is 2.12. The van der Waals surface area contributed by atoms with Crippen LogP contribution in [0.5, 0.6) is 0 Å². The lowest BCUT2D eigenvalue weighted by atomic mass is 10.1. The van der Waals surface area contributed by atoms with E-state index in [1.54, 1.807) is 19.3 Å². The first kappa shape index (κ1) is 21.7. The third-order valence-electron chi connectivity index (χ3n) is 4.33. The van der Waals surface area contributed by atoms with E-state index in [4.69, 9.17) is 4.74 Å². The molecule has 1 aromatic carbocycles. The number of nitrogens with zero attached hydrogens (tertiary/aromatic N) is 4. The summed E-state index contributed by atoms with van der Waals surface area (Å²) in [5.41, 5.74) is 2.32. The second-order valence-corrected chi connectivity index (χ2v) is 7.60. The van der Waals surface area contributed by atoms with E-state index in [2.05, 4.69) is 15.0 Å². The third kappa shape index (κ3) is 6.52. The van der Waals surface area contributed by atoms with Crippen molar-refractivity contribution in [3.63, 3.8) is 0 Å². The number of aromatic nitrogens is 4. The number of aryl methyl sites for hydroxylation is 1. The molecule has 2 aromatic heterocycles. The van der Waals surface area contributed by atoms with E-state index in [0.29, 0.717) is 48.9 Å². The summed E-state index contributed by atoms with van der Waals surface area (Å²) in [6, 6.07) is 10.0. The highest BCUT2D eigenvalue weighted by Crippen LogP contribution is 2.21. The fourth-order valence-corrected chi connectivity index (χ4v) is 3.85. The van der Waals surface area contributed by atoms with E-state index in [0.717, 1.165) is 11.1 Å². The average molecular weight is 425 g/mol. The van der Waals surface area contributed by atoms with Crippen molar-refractivity contribution >= 4 is 17.7 Å². The number of ether oxygens (including phenoxy) is 1. The molecule has 8 heteroatoms. The second-order valence-electron chi connectivity index (χ2n) is 6.65. The summed E-state index contributed by atoms with van der Waals surface area (Å²) in [6.07, 6.45) is 8.01. The second kappa shape index (κ2) is 11.3. The zero-order valence-corrected chi connectivity index (χ0v) is 17.7. The molecule has 0 amide bonds. The Bertz CT molecular complexity index is 1010. The smallest absolute Gasteiger partial charge is 0.305 e. The number of carbonyl (C=O) groups is 1. The van der Waals surface area contributed by atoms with Gasteiger partial charge in [0.2, 0.25) is 0 Å². The zero-order chi connectivity index (χ0) is 21.2. The molecule has 7 nitrogen and oxygen atoms in total. The van der Waals surface area contributed by atoms with Crippen LogP contribution in [0, 0.1) is 0 Å². The van der Waals surface area contributed by atoms with Gasteiger partial charge in [-0.2, -0.15) is 4.98 Å². The SMILES string of the molecule is CCOC(=O)CCCn1cc(Cc2cncnc2)c(=O)nc1SCc1ccccc1. The summed E-state index contributed by atoms with van der Waals surface area (Å²) < 4.78 is 6.96. The van der Waals surface area contributed by atoms with Crippen LogP contribution in [0.15, 0.2) is 65.2 Å². The molecule has 0 radical (unpaired) electrons. The Morgan fingerprint density at radius 3 is 2.63 bits per heavy atom. The van der Waals surface area contributed by atoms with Gasteiger partial charge in [-0.1, -0.05) is 42.1 Å². The molecule has 0 N–H and O–H groups in total. The van der Waals surface area contributed by atoms with Gasteiger partial charge in [-0.15, -0.1) is 0 Å². The fourth-order valence-electron chi connectivity index (χ4n) is 2.91. The largest absolute Gasteiger partial charge is 0.466 e. The third-order valence-corrected chi connectivity index (χ3v) is 5.40. The maximum atomic E-state index is 12.6. The van der Waals surface area contributed by atoms with Crippen LogP contribution in [0.25, 0.3) is 0 Å². The van der Waals surface area contributed by atoms with Gasteiger partial charge in [-0.05, 0) is 24.5 Å². The lowest BCUT2D eigenvalue weighted by molar-refractivity contribution is -0.143. The number of thioether (sulfide) groups is 1. The van der Waals surface area contributed by atoms with Gasteiger partial charge in [0.05, 0.1) is 6.61 Å². The molecule has 30 heavy (non-hydrogen) atoms. The maximum absolute atomic E-state index is 12.6. The molecule has 0 unspecified atom stereocenters. The van der Waals surface area contributed by atoms with Crippen molar-refractivity contribution in [1.29, 1.82) is 0 Å². The molecule has 156 valence electrons. The molecule has 0 bridgehead atoms. The van der Waals surface area contributed by atoms with Crippen molar-refractivity contribution in [2.24, 2.45) is 0 Å². The van der Waals surface area contributed by atoms with Crippen molar-refractivity contribution in [3.05, 3.63) is 82.3 Å². The molecule has 0 aliphatic carbocycles. The fraction of sp³-hybridized carbons (Fsp3) is 0.318. The first-order chi connectivity index (χ1) is 14.7. The Morgan fingerprint density at radius 2 is 1.90 bits per heavy atom. The summed E-state index contributed by atoms with van der Waals surface area (Å²) in [6.45, 7) is 2.74. The van der Waals surface area contributed by atoms with Crippen molar-refractivity contribution in [1.82, 2.24) is 19.5 Å². The standard InChI is InChI=1S/C22H24N4O3S/c1-2-29-20(27)9-6-10-26-14-19(11-18-12-23-16-24-13-18)21(28)25-22(26)30-15-17-7-4-3-5-8-17/h3-5,7-8,12-14,16H,2,6,9-11,15H2,1H3. The first-order valence-electron chi connectivity index (χ1n) is 9.82. The Kier molecular flexibility index (Phi) is 8.14. The summed E-state index contributed by atoms with van der Waals surface area (Å²) in [5.74, 6) is 0.489. The van der Waals surface area contributed by atoms with E-state index in [-0.39, 0.29) is 11.5 Å². The Hall–Kier alpha value is -3.00. The van der Waals surface area contributed by atoms with Crippen LogP contribution in [-0.2, 0) is 28.2 Å². The zero-order valence-electron chi connectivity index (χ0n) is 16.9. The minimum Gasteiger partial charge on any atom is -0.466 e. The van der Waals surface area contributed by atoms with E-state index >= 15 is 0 Å². The van der Waals surface area contributed by atoms with Crippen molar-refractivity contribution in [2.75, 3.05) is 6.61 Å². The number of hydrogen-bond acceptors (Lipinski definition) is 7. The number of hydrogen-bond donors (Lipinski definition) is 0. The van der Waals surface area contributed by atoms with Crippen LogP contribution in [0.2, 0.25) is 0 Å². The summed E-state index contributed by atoms with van der Waals surface area (Å²) in [5, 5.41) is 0.640. The number of carbonyl (C=O) groups excluding carboxylic acids is 1. The first-order valence-corrected chi connectivity index (χ1v) is 10.8. The summed E-state index contributed by atoms with van der Waals surface area (Å²) in [4.78, 5) is 36.6. The normalized spacial score (nSPS) is 10.7.